The van der Waals surface area contributed by atoms with Gasteiger partial charge in [-0.2, -0.15) is 12.6 Å². The molecule has 0 bridgehead atoms. The van der Waals surface area contributed by atoms with E-state index in [0.717, 1.165) is 29.4 Å². The summed E-state index contributed by atoms with van der Waals surface area (Å²) in [6.07, 6.45) is 5.88. The number of hydrogen-bond acceptors (Lipinski definition) is 1. The SMILES string of the molecule is C/C(CS)=C1/[C@@H]2[C@H](C)CC[C@@H]2[C@@]2(C)CC[C@@H]12. The summed E-state index contributed by atoms with van der Waals surface area (Å²) in [4.78, 5) is 0. The lowest BCUT2D eigenvalue weighted by Gasteiger charge is -2.46. The summed E-state index contributed by atoms with van der Waals surface area (Å²) in [7, 11) is 0. The lowest BCUT2D eigenvalue weighted by molar-refractivity contribution is 0.0474. The van der Waals surface area contributed by atoms with Gasteiger partial charge in [0.1, 0.15) is 0 Å². The molecule has 0 aliphatic heterocycles. The average Bonchev–Trinajstić information content (AvgIpc) is 2.70. The molecule has 5 atom stereocenters. The van der Waals surface area contributed by atoms with Gasteiger partial charge < -0.3 is 0 Å². The van der Waals surface area contributed by atoms with E-state index in [4.69, 9.17) is 0 Å². The first-order chi connectivity index (χ1) is 7.59. The third kappa shape index (κ3) is 1.19. The van der Waals surface area contributed by atoms with E-state index in [-0.39, 0.29) is 0 Å². The molecule has 0 nitrogen and oxygen atoms in total. The number of hydrogen-bond donors (Lipinski definition) is 1. The van der Waals surface area contributed by atoms with Gasteiger partial charge in [-0.05, 0) is 61.7 Å². The maximum Gasteiger partial charge on any atom is 0.0113 e. The third-order valence-electron chi connectivity index (χ3n) is 6.06. The van der Waals surface area contributed by atoms with Gasteiger partial charge in [0.05, 0.1) is 0 Å². The Morgan fingerprint density at radius 1 is 1.38 bits per heavy atom. The van der Waals surface area contributed by atoms with Gasteiger partial charge in [0.2, 0.25) is 0 Å². The highest BCUT2D eigenvalue weighted by Crippen LogP contribution is 2.70. The van der Waals surface area contributed by atoms with E-state index in [9.17, 15) is 0 Å². The van der Waals surface area contributed by atoms with E-state index in [2.05, 4.69) is 33.4 Å². The quantitative estimate of drug-likeness (QED) is 0.508. The van der Waals surface area contributed by atoms with E-state index in [1.807, 2.05) is 5.57 Å². The molecule has 3 saturated carbocycles. The topological polar surface area (TPSA) is 0 Å². The molecule has 3 fully saturated rings. The van der Waals surface area contributed by atoms with Crippen LogP contribution in [0.4, 0.5) is 0 Å². The van der Waals surface area contributed by atoms with Gasteiger partial charge in [0, 0.05) is 5.75 Å². The molecule has 0 heterocycles. The van der Waals surface area contributed by atoms with Gasteiger partial charge >= 0.3 is 0 Å². The first-order valence-corrected chi connectivity index (χ1v) is 7.53. The Balaban J connectivity index is 2.06. The molecular formula is C15H24S. The fourth-order valence-electron chi connectivity index (χ4n) is 5.07. The van der Waals surface area contributed by atoms with Crippen molar-refractivity contribution in [2.45, 2.75) is 46.5 Å². The van der Waals surface area contributed by atoms with Crippen molar-refractivity contribution < 1.29 is 0 Å². The van der Waals surface area contributed by atoms with Crippen LogP contribution in [0.2, 0.25) is 0 Å². The molecule has 0 unspecified atom stereocenters. The second-order valence-electron chi connectivity index (χ2n) is 6.68. The minimum atomic E-state index is 0.676. The van der Waals surface area contributed by atoms with Gasteiger partial charge in [-0.15, -0.1) is 0 Å². The first-order valence-electron chi connectivity index (χ1n) is 6.90. The molecule has 0 aromatic heterocycles. The van der Waals surface area contributed by atoms with Gasteiger partial charge in [-0.25, -0.2) is 0 Å². The Labute approximate surface area is 105 Å². The van der Waals surface area contributed by atoms with E-state index < -0.39 is 0 Å². The summed E-state index contributed by atoms with van der Waals surface area (Å²) in [6.45, 7) is 7.37. The van der Waals surface area contributed by atoms with Crippen LogP contribution in [0.1, 0.15) is 46.5 Å². The third-order valence-corrected chi connectivity index (χ3v) is 6.53. The van der Waals surface area contributed by atoms with Crippen molar-refractivity contribution in [3.8, 4) is 0 Å². The maximum absolute atomic E-state index is 4.51. The largest absolute Gasteiger partial charge is 0.175 e. The van der Waals surface area contributed by atoms with Gasteiger partial charge in [0.25, 0.3) is 0 Å². The molecule has 3 rings (SSSR count). The number of allylic oxidation sites excluding steroid dienone is 1. The summed E-state index contributed by atoms with van der Waals surface area (Å²) in [5, 5.41) is 0. The molecule has 0 radical (unpaired) electrons. The van der Waals surface area contributed by atoms with Crippen molar-refractivity contribution in [3.05, 3.63) is 11.1 Å². The Bertz CT molecular complexity index is 343. The smallest absolute Gasteiger partial charge is 0.0113 e. The molecule has 0 aromatic carbocycles. The molecular weight excluding hydrogens is 212 g/mol. The van der Waals surface area contributed by atoms with Crippen molar-refractivity contribution in [2.75, 3.05) is 5.75 Å². The zero-order valence-corrected chi connectivity index (χ0v) is 11.7. The average molecular weight is 236 g/mol. The van der Waals surface area contributed by atoms with E-state index in [1.165, 1.54) is 25.7 Å². The van der Waals surface area contributed by atoms with Crippen molar-refractivity contribution in [3.63, 3.8) is 0 Å². The van der Waals surface area contributed by atoms with Crippen molar-refractivity contribution in [1.29, 1.82) is 0 Å². The second-order valence-corrected chi connectivity index (χ2v) is 6.99. The summed E-state index contributed by atoms with van der Waals surface area (Å²) in [5.74, 6) is 4.75. The van der Waals surface area contributed by atoms with E-state index in [1.54, 1.807) is 5.57 Å². The molecule has 0 N–H and O–H groups in total. The Kier molecular flexibility index (Phi) is 2.48. The minimum Gasteiger partial charge on any atom is -0.175 e. The summed E-state index contributed by atoms with van der Waals surface area (Å²) >= 11 is 4.51. The zero-order valence-electron chi connectivity index (χ0n) is 10.8. The van der Waals surface area contributed by atoms with Crippen LogP contribution in [0.25, 0.3) is 0 Å². The zero-order chi connectivity index (χ0) is 11.5. The molecule has 16 heavy (non-hydrogen) atoms. The molecule has 0 aromatic rings. The molecule has 1 heteroatoms. The van der Waals surface area contributed by atoms with Crippen LogP contribution in [0.5, 0.6) is 0 Å². The summed E-state index contributed by atoms with van der Waals surface area (Å²) < 4.78 is 0. The summed E-state index contributed by atoms with van der Waals surface area (Å²) in [5.41, 5.74) is 4.12. The van der Waals surface area contributed by atoms with Crippen LogP contribution in [0.15, 0.2) is 11.1 Å². The standard InChI is InChI=1S/C15H24S/c1-9-4-5-11-13(9)14(10(2)8-16)12-6-7-15(11,12)3/h9,11-13,16H,4-8H2,1-3H3/b14-10-/t9-,11+,12+,13-,15-/m1/s1. The predicted octanol–water partition coefficient (Wildman–Crippen LogP) is 4.32. The van der Waals surface area contributed by atoms with Crippen molar-refractivity contribution in [1.82, 2.24) is 0 Å². The minimum absolute atomic E-state index is 0.676. The van der Waals surface area contributed by atoms with Crippen LogP contribution >= 0.6 is 12.6 Å². The van der Waals surface area contributed by atoms with E-state index in [0.29, 0.717) is 5.41 Å². The van der Waals surface area contributed by atoms with Gasteiger partial charge in [0.15, 0.2) is 0 Å². The second kappa shape index (κ2) is 3.54. The lowest BCUT2D eigenvalue weighted by atomic mass is 9.58. The molecule has 0 saturated heterocycles. The molecule has 3 aliphatic rings. The van der Waals surface area contributed by atoms with Crippen molar-refractivity contribution >= 4 is 12.6 Å². The maximum atomic E-state index is 4.51. The number of fused-ring (bicyclic) bond motifs is 3. The Morgan fingerprint density at radius 2 is 2.12 bits per heavy atom. The normalized spacial score (nSPS) is 53.2. The lowest BCUT2D eigenvalue weighted by Crippen LogP contribution is -2.38. The van der Waals surface area contributed by atoms with Crippen LogP contribution in [-0.4, -0.2) is 5.75 Å². The first kappa shape index (κ1) is 11.2. The van der Waals surface area contributed by atoms with Crippen LogP contribution in [0.3, 0.4) is 0 Å². The van der Waals surface area contributed by atoms with Crippen molar-refractivity contribution in [2.24, 2.45) is 29.1 Å². The van der Waals surface area contributed by atoms with Crippen LogP contribution in [0, 0.1) is 29.1 Å². The highest BCUT2D eigenvalue weighted by Gasteiger charge is 2.62. The Morgan fingerprint density at radius 3 is 2.69 bits per heavy atom. The fraction of sp³-hybridized carbons (Fsp3) is 0.867. The molecule has 3 aliphatic carbocycles. The van der Waals surface area contributed by atoms with Gasteiger partial charge in [-0.1, -0.05) is 25.0 Å². The molecule has 0 spiro atoms. The number of rotatable bonds is 1. The molecule has 0 amide bonds. The van der Waals surface area contributed by atoms with Crippen LogP contribution in [-0.2, 0) is 0 Å². The highest BCUT2D eigenvalue weighted by atomic mass is 32.1. The van der Waals surface area contributed by atoms with E-state index >= 15 is 0 Å². The van der Waals surface area contributed by atoms with Crippen LogP contribution < -0.4 is 0 Å². The Hall–Kier alpha value is 0.0900. The number of thiol groups is 1. The monoisotopic (exact) mass is 236 g/mol. The predicted molar refractivity (Wildman–Crippen MR) is 72.8 cm³/mol. The summed E-state index contributed by atoms with van der Waals surface area (Å²) in [6, 6.07) is 0. The fourth-order valence-corrected chi connectivity index (χ4v) is 5.25. The highest BCUT2D eigenvalue weighted by molar-refractivity contribution is 7.80. The van der Waals surface area contributed by atoms with Gasteiger partial charge in [-0.3, -0.25) is 0 Å². The molecule has 90 valence electrons.